The third-order valence-electron chi connectivity index (χ3n) is 5.03. The topological polar surface area (TPSA) is 62.6 Å². The van der Waals surface area contributed by atoms with E-state index in [0.717, 1.165) is 31.1 Å². The Morgan fingerprint density at radius 1 is 1.16 bits per heavy atom. The maximum absolute atomic E-state index is 13.1. The SMILES string of the molecule is CCN(CC)CCN(Cc1cccs1)C(=O)Nc1cccc(OCCn2cccn2)c1. The smallest absolute Gasteiger partial charge is 0.322 e. The molecule has 1 N–H and O–H groups in total. The molecule has 8 heteroatoms. The average Bonchev–Trinajstić information content (AvgIpc) is 3.48. The molecule has 2 amide bonds. The van der Waals surface area contributed by atoms with E-state index in [-0.39, 0.29) is 6.03 Å². The molecule has 0 bridgehead atoms. The summed E-state index contributed by atoms with van der Waals surface area (Å²) >= 11 is 1.67. The van der Waals surface area contributed by atoms with Crippen LogP contribution in [0.2, 0.25) is 0 Å². The predicted molar refractivity (Wildman–Crippen MR) is 126 cm³/mol. The van der Waals surface area contributed by atoms with E-state index >= 15 is 0 Å². The van der Waals surface area contributed by atoms with Gasteiger partial charge in [0.25, 0.3) is 0 Å². The van der Waals surface area contributed by atoms with E-state index in [0.29, 0.717) is 26.2 Å². The number of carbonyl (C=O) groups excluding carboxylic acids is 1. The van der Waals surface area contributed by atoms with Gasteiger partial charge in [0.1, 0.15) is 12.4 Å². The van der Waals surface area contributed by atoms with E-state index in [1.54, 1.807) is 17.5 Å². The molecule has 0 fully saturated rings. The van der Waals surface area contributed by atoms with Gasteiger partial charge in [-0.05, 0) is 42.7 Å². The number of nitrogens with zero attached hydrogens (tertiary/aromatic N) is 4. The summed E-state index contributed by atoms with van der Waals surface area (Å²) in [6.07, 6.45) is 3.65. The molecular weight excluding hydrogens is 410 g/mol. The Balaban J connectivity index is 1.58. The van der Waals surface area contributed by atoms with Crippen molar-refractivity contribution in [2.45, 2.75) is 26.9 Å². The van der Waals surface area contributed by atoms with Gasteiger partial charge in [0.2, 0.25) is 0 Å². The van der Waals surface area contributed by atoms with E-state index in [1.807, 2.05) is 57.6 Å². The molecule has 0 spiro atoms. The van der Waals surface area contributed by atoms with Gasteiger partial charge in [-0.2, -0.15) is 5.10 Å². The second-order valence-corrected chi connectivity index (χ2v) is 8.14. The molecule has 166 valence electrons. The zero-order chi connectivity index (χ0) is 21.9. The molecule has 0 aliphatic carbocycles. The quantitative estimate of drug-likeness (QED) is 0.453. The summed E-state index contributed by atoms with van der Waals surface area (Å²) in [5.74, 6) is 0.720. The zero-order valence-electron chi connectivity index (χ0n) is 18.2. The van der Waals surface area contributed by atoms with Gasteiger partial charge >= 0.3 is 6.03 Å². The normalized spacial score (nSPS) is 10.9. The number of anilines is 1. The first kappa shape index (κ1) is 22.8. The monoisotopic (exact) mass is 441 g/mol. The summed E-state index contributed by atoms with van der Waals surface area (Å²) in [4.78, 5) is 18.4. The van der Waals surface area contributed by atoms with Crippen LogP contribution in [0.3, 0.4) is 0 Å². The van der Waals surface area contributed by atoms with Gasteiger partial charge in [-0.25, -0.2) is 4.79 Å². The molecule has 2 aromatic heterocycles. The lowest BCUT2D eigenvalue weighted by atomic mass is 10.3. The van der Waals surface area contributed by atoms with Gasteiger partial charge in [0, 0.05) is 42.1 Å². The third-order valence-corrected chi connectivity index (χ3v) is 5.89. The Morgan fingerprint density at radius 3 is 2.74 bits per heavy atom. The first-order valence-corrected chi connectivity index (χ1v) is 11.6. The van der Waals surface area contributed by atoms with Crippen molar-refractivity contribution >= 4 is 23.1 Å². The van der Waals surface area contributed by atoms with Crippen molar-refractivity contribution in [3.8, 4) is 5.75 Å². The maximum Gasteiger partial charge on any atom is 0.322 e. The lowest BCUT2D eigenvalue weighted by Gasteiger charge is -2.26. The van der Waals surface area contributed by atoms with Crippen LogP contribution in [0.1, 0.15) is 18.7 Å². The van der Waals surface area contributed by atoms with Gasteiger partial charge in [0.05, 0.1) is 13.1 Å². The molecule has 1 aromatic carbocycles. The molecule has 3 aromatic rings. The second kappa shape index (κ2) is 12.1. The highest BCUT2D eigenvalue weighted by Crippen LogP contribution is 2.19. The minimum atomic E-state index is -0.103. The highest BCUT2D eigenvalue weighted by molar-refractivity contribution is 7.09. The van der Waals surface area contributed by atoms with Crippen molar-refractivity contribution in [3.05, 3.63) is 65.1 Å². The Morgan fingerprint density at radius 2 is 2.03 bits per heavy atom. The third kappa shape index (κ3) is 7.41. The summed E-state index contributed by atoms with van der Waals surface area (Å²) in [5, 5.41) is 9.24. The lowest BCUT2D eigenvalue weighted by molar-refractivity contribution is 0.195. The van der Waals surface area contributed by atoms with E-state index in [2.05, 4.69) is 35.2 Å². The van der Waals surface area contributed by atoms with Crippen LogP contribution in [0, 0.1) is 0 Å². The maximum atomic E-state index is 13.1. The number of hydrogen-bond donors (Lipinski definition) is 1. The van der Waals surface area contributed by atoms with Crippen LogP contribution in [-0.2, 0) is 13.1 Å². The van der Waals surface area contributed by atoms with Crippen LogP contribution in [0.5, 0.6) is 5.75 Å². The number of nitrogens with one attached hydrogen (secondary N) is 1. The van der Waals surface area contributed by atoms with Crippen molar-refractivity contribution < 1.29 is 9.53 Å². The molecule has 31 heavy (non-hydrogen) atoms. The number of benzene rings is 1. The van der Waals surface area contributed by atoms with Crippen LogP contribution >= 0.6 is 11.3 Å². The number of carbonyl (C=O) groups is 1. The van der Waals surface area contributed by atoms with Gasteiger partial charge in [-0.1, -0.05) is 26.0 Å². The fourth-order valence-corrected chi connectivity index (χ4v) is 3.92. The van der Waals surface area contributed by atoms with Crippen molar-refractivity contribution in [1.82, 2.24) is 19.6 Å². The van der Waals surface area contributed by atoms with Crippen molar-refractivity contribution in [1.29, 1.82) is 0 Å². The summed E-state index contributed by atoms with van der Waals surface area (Å²) in [5.41, 5.74) is 0.723. The Hall–Kier alpha value is -2.84. The number of aromatic nitrogens is 2. The first-order chi connectivity index (χ1) is 15.2. The number of ether oxygens (including phenoxy) is 1. The van der Waals surface area contributed by atoms with E-state index in [4.69, 9.17) is 4.74 Å². The number of hydrogen-bond acceptors (Lipinski definition) is 5. The van der Waals surface area contributed by atoms with Gasteiger partial charge in [-0.3, -0.25) is 4.68 Å². The van der Waals surface area contributed by atoms with Crippen LogP contribution in [-0.4, -0.2) is 58.4 Å². The summed E-state index contributed by atoms with van der Waals surface area (Å²) in [6.45, 7) is 9.54. The minimum absolute atomic E-state index is 0.103. The van der Waals surface area contributed by atoms with E-state index < -0.39 is 0 Å². The molecule has 0 saturated heterocycles. The lowest BCUT2D eigenvalue weighted by Crippen LogP contribution is -2.40. The largest absolute Gasteiger partial charge is 0.492 e. The molecule has 0 aliphatic rings. The molecule has 3 rings (SSSR count). The Labute approximate surface area is 188 Å². The summed E-state index contributed by atoms with van der Waals surface area (Å²) in [6, 6.07) is 13.4. The first-order valence-electron chi connectivity index (χ1n) is 10.7. The van der Waals surface area contributed by atoms with Crippen molar-refractivity contribution in [3.63, 3.8) is 0 Å². The molecular formula is C23H31N5O2S. The average molecular weight is 442 g/mol. The highest BCUT2D eigenvalue weighted by Gasteiger charge is 2.16. The van der Waals surface area contributed by atoms with E-state index in [9.17, 15) is 4.79 Å². The number of amides is 2. The molecule has 0 saturated carbocycles. The van der Waals surface area contributed by atoms with Crippen LogP contribution in [0.25, 0.3) is 0 Å². The highest BCUT2D eigenvalue weighted by atomic mass is 32.1. The van der Waals surface area contributed by atoms with Crippen LogP contribution in [0.4, 0.5) is 10.5 Å². The fourth-order valence-electron chi connectivity index (χ4n) is 3.20. The van der Waals surface area contributed by atoms with Crippen LogP contribution in [0.15, 0.2) is 60.2 Å². The molecule has 0 unspecified atom stereocenters. The fraction of sp³-hybridized carbons (Fsp3) is 0.391. The van der Waals surface area contributed by atoms with Crippen LogP contribution < -0.4 is 10.1 Å². The van der Waals surface area contributed by atoms with Gasteiger partial charge < -0.3 is 19.9 Å². The minimum Gasteiger partial charge on any atom is -0.492 e. The second-order valence-electron chi connectivity index (χ2n) is 7.10. The molecule has 0 radical (unpaired) electrons. The number of rotatable bonds is 12. The Bertz CT molecular complexity index is 895. The standard InChI is InChI=1S/C23H31N5O2S/c1-3-26(4-2)13-14-27(19-22-10-6-17-31-22)23(29)25-20-8-5-9-21(18-20)30-16-15-28-12-7-11-24-28/h5-12,17-18H,3-4,13-16,19H2,1-2H3,(H,25,29). The molecule has 7 nitrogen and oxygen atoms in total. The molecule has 0 aliphatic heterocycles. The number of thiophene rings is 1. The summed E-state index contributed by atoms with van der Waals surface area (Å²) < 4.78 is 7.65. The number of likely N-dealkylation sites (N-methyl/N-ethyl adjacent to an activating group) is 1. The molecule has 2 heterocycles. The molecule has 0 atom stereocenters. The van der Waals surface area contributed by atoms with Crippen molar-refractivity contribution in [2.24, 2.45) is 0 Å². The van der Waals surface area contributed by atoms with Gasteiger partial charge in [0.15, 0.2) is 0 Å². The summed E-state index contributed by atoms with van der Waals surface area (Å²) in [7, 11) is 0. The Kier molecular flexibility index (Phi) is 8.93. The van der Waals surface area contributed by atoms with Gasteiger partial charge in [-0.15, -0.1) is 11.3 Å². The predicted octanol–water partition coefficient (Wildman–Crippen LogP) is 4.40. The zero-order valence-corrected chi connectivity index (χ0v) is 19.1. The number of urea groups is 1. The van der Waals surface area contributed by atoms with E-state index in [1.165, 1.54) is 4.88 Å². The van der Waals surface area contributed by atoms with Crippen molar-refractivity contribution in [2.75, 3.05) is 38.1 Å².